The topological polar surface area (TPSA) is 128 Å². The van der Waals surface area contributed by atoms with Gasteiger partial charge in [-0.3, -0.25) is 10.1 Å². The minimum absolute atomic E-state index is 0.0433. The second-order valence-electron chi connectivity index (χ2n) is 3.49. The maximum atomic E-state index is 11.2. The number of hydrogen-bond acceptors (Lipinski definition) is 5. The van der Waals surface area contributed by atoms with Gasteiger partial charge in [-0.25, -0.2) is 9.59 Å². The molecule has 8 nitrogen and oxygen atoms in total. The van der Waals surface area contributed by atoms with Gasteiger partial charge in [0.15, 0.2) is 18.1 Å². The fourth-order valence-electron chi connectivity index (χ4n) is 1.34. The van der Waals surface area contributed by atoms with Crippen LogP contribution in [0.5, 0.6) is 11.5 Å². The van der Waals surface area contributed by atoms with Crippen LogP contribution in [0.15, 0.2) is 12.1 Å². The zero-order valence-electron chi connectivity index (χ0n) is 10.3. The van der Waals surface area contributed by atoms with Crippen molar-refractivity contribution in [1.29, 1.82) is 0 Å². The van der Waals surface area contributed by atoms with E-state index in [9.17, 15) is 14.4 Å². The Morgan fingerprint density at radius 1 is 1.40 bits per heavy atom. The lowest BCUT2D eigenvalue weighted by molar-refractivity contribution is -0.121. The number of ether oxygens (including phenoxy) is 2. The van der Waals surface area contributed by atoms with E-state index in [0.29, 0.717) is 0 Å². The summed E-state index contributed by atoms with van der Waals surface area (Å²) in [6.07, 6.45) is 0. The number of nitrogens with two attached hydrogens (primary N) is 1. The summed E-state index contributed by atoms with van der Waals surface area (Å²) in [5, 5.41) is 11.0. The van der Waals surface area contributed by atoms with Gasteiger partial charge < -0.3 is 20.3 Å². The molecule has 0 aliphatic carbocycles. The molecule has 1 aromatic rings. The van der Waals surface area contributed by atoms with Crippen molar-refractivity contribution in [3.8, 4) is 11.5 Å². The highest BCUT2D eigenvalue weighted by Crippen LogP contribution is 2.34. The largest absolute Gasteiger partial charge is 0.493 e. The van der Waals surface area contributed by atoms with Crippen LogP contribution in [0.25, 0.3) is 0 Å². The number of aromatic carboxylic acids is 1. The van der Waals surface area contributed by atoms with Crippen LogP contribution in [-0.2, 0) is 4.79 Å². The zero-order chi connectivity index (χ0) is 15.3. The second kappa shape index (κ2) is 6.62. The summed E-state index contributed by atoms with van der Waals surface area (Å²) in [5.41, 5.74) is 4.48. The second-order valence-corrected chi connectivity index (χ2v) is 3.93. The van der Waals surface area contributed by atoms with Gasteiger partial charge in [-0.1, -0.05) is 11.6 Å². The SMILES string of the molecule is COc1cc(Cl)cc(C(=O)O)c1OCC(=O)NC(N)=O. The lowest BCUT2D eigenvalue weighted by Gasteiger charge is -2.13. The van der Waals surface area contributed by atoms with E-state index in [1.807, 2.05) is 0 Å². The van der Waals surface area contributed by atoms with Crippen molar-refractivity contribution in [2.24, 2.45) is 5.73 Å². The van der Waals surface area contributed by atoms with Gasteiger partial charge in [-0.05, 0) is 6.07 Å². The van der Waals surface area contributed by atoms with Crippen molar-refractivity contribution in [3.05, 3.63) is 22.7 Å². The molecule has 108 valence electrons. The highest BCUT2D eigenvalue weighted by Gasteiger charge is 2.19. The smallest absolute Gasteiger partial charge is 0.339 e. The first-order valence-corrected chi connectivity index (χ1v) is 5.56. The molecule has 1 rings (SSSR count). The minimum atomic E-state index is -1.31. The molecule has 0 aliphatic rings. The summed E-state index contributed by atoms with van der Waals surface area (Å²) in [6, 6.07) is 1.43. The molecule has 20 heavy (non-hydrogen) atoms. The summed E-state index contributed by atoms with van der Waals surface area (Å²) < 4.78 is 9.99. The molecule has 0 atom stereocenters. The quantitative estimate of drug-likeness (QED) is 0.731. The summed E-state index contributed by atoms with van der Waals surface area (Å²) >= 11 is 5.74. The van der Waals surface area contributed by atoms with Crippen molar-refractivity contribution in [1.82, 2.24) is 5.32 Å². The van der Waals surface area contributed by atoms with Crippen molar-refractivity contribution < 1.29 is 29.0 Å². The third-order valence-electron chi connectivity index (χ3n) is 2.08. The molecule has 0 radical (unpaired) electrons. The molecule has 0 bridgehead atoms. The number of imide groups is 1. The Labute approximate surface area is 118 Å². The number of hydrogen-bond donors (Lipinski definition) is 3. The first-order valence-electron chi connectivity index (χ1n) is 5.18. The Bertz CT molecular complexity index is 560. The van der Waals surface area contributed by atoms with Crippen LogP contribution in [-0.4, -0.2) is 36.7 Å². The van der Waals surface area contributed by atoms with Crippen LogP contribution in [0.3, 0.4) is 0 Å². The molecular formula is C11H11ClN2O6. The number of nitrogens with one attached hydrogen (secondary N) is 1. The molecule has 0 heterocycles. The van der Waals surface area contributed by atoms with Crippen molar-refractivity contribution in [2.75, 3.05) is 13.7 Å². The third-order valence-corrected chi connectivity index (χ3v) is 2.30. The van der Waals surface area contributed by atoms with Gasteiger partial charge in [-0.15, -0.1) is 0 Å². The zero-order valence-corrected chi connectivity index (χ0v) is 11.1. The Kier molecular flexibility index (Phi) is 5.15. The average molecular weight is 303 g/mol. The number of urea groups is 1. The predicted octanol–water partition coefficient (Wildman–Crippen LogP) is 0.620. The molecule has 0 saturated carbocycles. The Morgan fingerprint density at radius 2 is 2.05 bits per heavy atom. The van der Waals surface area contributed by atoms with Crippen LogP contribution in [0.2, 0.25) is 5.02 Å². The first kappa shape index (κ1) is 15.6. The first-order chi connectivity index (χ1) is 9.35. The lowest BCUT2D eigenvalue weighted by Crippen LogP contribution is -2.38. The van der Waals surface area contributed by atoms with Crippen molar-refractivity contribution in [3.63, 3.8) is 0 Å². The van der Waals surface area contributed by atoms with E-state index < -0.39 is 24.5 Å². The number of carbonyl (C=O) groups excluding carboxylic acids is 2. The fourth-order valence-corrected chi connectivity index (χ4v) is 1.55. The van der Waals surface area contributed by atoms with E-state index in [0.717, 1.165) is 6.07 Å². The molecule has 4 N–H and O–H groups in total. The number of rotatable bonds is 5. The molecule has 1 aromatic carbocycles. The van der Waals surface area contributed by atoms with E-state index in [1.165, 1.54) is 13.2 Å². The van der Waals surface area contributed by atoms with Gasteiger partial charge in [0.2, 0.25) is 0 Å². The Balaban J connectivity index is 3.00. The van der Waals surface area contributed by atoms with Gasteiger partial charge in [0.1, 0.15) is 5.56 Å². The van der Waals surface area contributed by atoms with Crippen LogP contribution in [0.4, 0.5) is 4.79 Å². The number of amides is 3. The summed E-state index contributed by atoms with van der Waals surface area (Å²) in [6.45, 7) is -0.610. The van der Waals surface area contributed by atoms with Gasteiger partial charge >= 0.3 is 12.0 Å². The number of halogens is 1. The number of carboxylic acids is 1. The van der Waals surface area contributed by atoms with E-state index in [2.05, 4.69) is 0 Å². The highest BCUT2D eigenvalue weighted by atomic mass is 35.5. The third kappa shape index (κ3) is 4.02. The molecule has 0 unspecified atom stereocenters. The van der Waals surface area contributed by atoms with Crippen LogP contribution < -0.4 is 20.5 Å². The summed E-state index contributed by atoms with van der Waals surface area (Å²) in [4.78, 5) is 32.8. The Morgan fingerprint density at radius 3 is 2.55 bits per heavy atom. The highest BCUT2D eigenvalue weighted by molar-refractivity contribution is 6.31. The number of benzene rings is 1. The molecule has 0 spiro atoms. The maximum Gasteiger partial charge on any atom is 0.339 e. The van der Waals surface area contributed by atoms with E-state index in [4.69, 9.17) is 31.9 Å². The molecule has 0 aromatic heterocycles. The van der Waals surface area contributed by atoms with Gasteiger partial charge in [-0.2, -0.15) is 0 Å². The molecule has 0 fully saturated rings. The molecule has 0 saturated heterocycles. The summed E-state index contributed by atoms with van der Waals surface area (Å²) in [7, 11) is 1.29. The molecular weight excluding hydrogens is 292 g/mol. The number of carboxylic acid groups (broad SMARTS) is 1. The molecule has 0 aliphatic heterocycles. The fraction of sp³-hybridized carbons (Fsp3) is 0.182. The number of methoxy groups -OCH3 is 1. The van der Waals surface area contributed by atoms with E-state index in [1.54, 1.807) is 5.32 Å². The monoisotopic (exact) mass is 302 g/mol. The van der Waals surface area contributed by atoms with Gasteiger partial charge in [0.05, 0.1) is 7.11 Å². The predicted molar refractivity (Wildman–Crippen MR) is 68.2 cm³/mol. The van der Waals surface area contributed by atoms with Crippen molar-refractivity contribution >= 4 is 29.5 Å². The van der Waals surface area contributed by atoms with Gasteiger partial charge in [0.25, 0.3) is 5.91 Å². The normalized spacial score (nSPS) is 9.70. The van der Waals surface area contributed by atoms with Crippen LogP contribution in [0, 0.1) is 0 Å². The van der Waals surface area contributed by atoms with Gasteiger partial charge in [0, 0.05) is 11.1 Å². The van der Waals surface area contributed by atoms with Crippen molar-refractivity contribution in [2.45, 2.75) is 0 Å². The number of primary amides is 1. The molecule has 3 amide bonds. The van der Waals surface area contributed by atoms with Crippen LogP contribution >= 0.6 is 11.6 Å². The Hall–Kier alpha value is -2.48. The number of carbonyl (C=O) groups is 3. The molecule has 9 heteroatoms. The summed E-state index contributed by atoms with van der Waals surface area (Å²) in [5.74, 6) is -2.27. The van der Waals surface area contributed by atoms with Crippen LogP contribution in [0.1, 0.15) is 10.4 Å². The van der Waals surface area contributed by atoms with E-state index in [-0.39, 0.29) is 22.1 Å². The lowest BCUT2D eigenvalue weighted by atomic mass is 10.2. The standard InChI is InChI=1S/C11H11ClN2O6/c1-19-7-3-5(12)2-6(10(16)17)9(7)20-4-8(15)14-11(13)18/h2-3H,4H2,1H3,(H,16,17)(H3,13,14,15,18). The van der Waals surface area contributed by atoms with E-state index >= 15 is 0 Å². The average Bonchev–Trinajstić information content (AvgIpc) is 2.35. The maximum absolute atomic E-state index is 11.2. The minimum Gasteiger partial charge on any atom is -0.493 e.